The lowest BCUT2D eigenvalue weighted by atomic mass is 9.90. The van der Waals surface area contributed by atoms with Crippen LogP contribution in [0, 0.1) is 6.92 Å². The molecule has 0 bridgehead atoms. The van der Waals surface area contributed by atoms with E-state index in [0.29, 0.717) is 23.4 Å². The van der Waals surface area contributed by atoms with E-state index in [1.165, 1.54) is 12.0 Å². The van der Waals surface area contributed by atoms with Crippen LogP contribution < -0.4 is 21.1 Å². The first-order chi connectivity index (χ1) is 19.0. The van der Waals surface area contributed by atoms with Gasteiger partial charge in [0.25, 0.3) is 5.91 Å². The summed E-state index contributed by atoms with van der Waals surface area (Å²) in [4.78, 5) is 54.3. The Hall–Kier alpha value is -4.28. The van der Waals surface area contributed by atoms with Crippen molar-refractivity contribution in [1.82, 2.24) is 10.2 Å². The number of methoxy groups -OCH3 is 1. The zero-order valence-electron chi connectivity index (χ0n) is 25.0. The van der Waals surface area contributed by atoms with Gasteiger partial charge in [0.05, 0.1) is 13.5 Å². The number of alkyl carbamates (subject to hydrolysis) is 1. The summed E-state index contributed by atoms with van der Waals surface area (Å²) < 4.78 is 10.5. The summed E-state index contributed by atoms with van der Waals surface area (Å²) in [7, 11) is 1.52. The smallest absolute Gasteiger partial charge is 0.408 e. The van der Waals surface area contributed by atoms with E-state index in [0.717, 1.165) is 0 Å². The highest BCUT2D eigenvalue weighted by Crippen LogP contribution is 2.38. The van der Waals surface area contributed by atoms with Crippen molar-refractivity contribution in [3.05, 3.63) is 53.6 Å². The molecule has 0 aliphatic rings. The monoisotopic (exact) mass is 570 g/mol. The maximum absolute atomic E-state index is 14.3. The van der Waals surface area contributed by atoms with Gasteiger partial charge in [-0.15, -0.1) is 0 Å². The number of nitrogens with one attached hydrogen (secondary N) is 2. The molecule has 2 aromatic carbocycles. The fourth-order valence-electron chi connectivity index (χ4n) is 4.15. The van der Waals surface area contributed by atoms with Gasteiger partial charge in [0.1, 0.15) is 29.2 Å². The van der Waals surface area contributed by atoms with E-state index in [2.05, 4.69) is 10.6 Å². The molecule has 0 heterocycles. The zero-order valence-corrected chi connectivity index (χ0v) is 25.0. The Kier molecular flexibility index (Phi) is 10.7. The maximum atomic E-state index is 14.3. The van der Waals surface area contributed by atoms with Crippen molar-refractivity contribution in [3.8, 4) is 11.5 Å². The quantitative estimate of drug-likeness (QED) is 0.315. The highest BCUT2D eigenvalue weighted by Gasteiger charge is 2.44. The molecule has 4 amide bonds. The largest absolute Gasteiger partial charge is 0.507 e. The summed E-state index contributed by atoms with van der Waals surface area (Å²) in [5.74, 6) is -1.80. The van der Waals surface area contributed by atoms with E-state index >= 15 is 0 Å². The highest BCUT2D eigenvalue weighted by molar-refractivity contribution is 6.00. The summed E-state index contributed by atoms with van der Waals surface area (Å²) in [5.41, 5.74) is 4.67. The standard InChI is InChI=1S/C30H42N4O7/c1-9-30(6,7)34(27(38)22(17-23(31)35)33-28(39)41-29(3,4)5)24(21-12-10-11-18(2)25(21)36)26(37)32-19-13-15-20(40-8)16-14-19/h10-16,22,24,36H,9,17H2,1-8H3,(H2,31,35)(H,32,37)(H,33,39). The van der Waals surface area contributed by atoms with Crippen LogP contribution in [-0.4, -0.2) is 58.1 Å². The number of benzene rings is 2. The summed E-state index contributed by atoms with van der Waals surface area (Å²) in [6.45, 7) is 12.0. The molecule has 0 aromatic heterocycles. The van der Waals surface area contributed by atoms with Crippen LogP contribution in [0.25, 0.3) is 0 Å². The van der Waals surface area contributed by atoms with Crippen LogP contribution in [0.4, 0.5) is 10.5 Å². The van der Waals surface area contributed by atoms with Gasteiger partial charge < -0.3 is 35.8 Å². The molecule has 2 rings (SSSR count). The van der Waals surface area contributed by atoms with Gasteiger partial charge in [-0.05, 0) is 77.8 Å². The molecule has 0 spiro atoms. The molecule has 0 saturated heterocycles. The number of aryl methyl sites for hydroxylation is 1. The van der Waals surface area contributed by atoms with Crippen LogP contribution in [0.1, 0.15) is 71.6 Å². The summed E-state index contributed by atoms with van der Waals surface area (Å²) in [6, 6.07) is 8.70. The molecule has 11 heteroatoms. The predicted molar refractivity (Wildman–Crippen MR) is 155 cm³/mol. The molecular formula is C30H42N4O7. The number of amides is 4. The van der Waals surface area contributed by atoms with Crippen LogP contribution in [-0.2, 0) is 19.1 Å². The van der Waals surface area contributed by atoms with Gasteiger partial charge in [0.2, 0.25) is 11.8 Å². The van der Waals surface area contributed by atoms with E-state index in [-0.39, 0.29) is 11.3 Å². The number of carbonyl (C=O) groups excluding carboxylic acids is 4. The van der Waals surface area contributed by atoms with Crippen LogP contribution >= 0.6 is 0 Å². The van der Waals surface area contributed by atoms with Crippen LogP contribution in [0.15, 0.2) is 42.5 Å². The first-order valence-electron chi connectivity index (χ1n) is 13.3. The van der Waals surface area contributed by atoms with Crippen molar-refractivity contribution in [2.75, 3.05) is 12.4 Å². The highest BCUT2D eigenvalue weighted by atomic mass is 16.6. The molecule has 0 saturated carbocycles. The molecule has 0 aliphatic heterocycles. The second-order valence-corrected chi connectivity index (χ2v) is 11.4. The summed E-state index contributed by atoms with van der Waals surface area (Å²) >= 11 is 0. The number of phenolic OH excluding ortho intramolecular Hbond substituents is 1. The molecule has 0 fully saturated rings. The minimum absolute atomic E-state index is 0.168. The first-order valence-corrected chi connectivity index (χ1v) is 13.3. The van der Waals surface area contributed by atoms with Gasteiger partial charge in [-0.25, -0.2) is 4.79 Å². The normalized spacial score (nSPS) is 13.0. The van der Waals surface area contributed by atoms with E-state index in [1.54, 1.807) is 84.0 Å². The molecule has 0 radical (unpaired) electrons. The Bertz CT molecular complexity index is 1250. The number of rotatable bonds is 11. The number of ether oxygens (including phenoxy) is 2. The summed E-state index contributed by atoms with van der Waals surface area (Å²) in [5, 5.41) is 16.4. The fraction of sp³-hybridized carbons (Fsp3) is 0.467. The van der Waals surface area contributed by atoms with Crippen molar-refractivity contribution in [2.24, 2.45) is 5.73 Å². The fourth-order valence-corrected chi connectivity index (χ4v) is 4.15. The molecule has 0 aliphatic carbocycles. The molecule has 2 aromatic rings. The lowest BCUT2D eigenvalue weighted by molar-refractivity contribution is -0.148. The van der Waals surface area contributed by atoms with E-state index in [4.69, 9.17) is 15.2 Å². The number of primary amides is 1. The van der Waals surface area contributed by atoms with Crippen molar-refractivity contribution >= 4 is 29.5 Å². The number of nitrogens with two attached hydrogens (primary N) is 1. The minimum atomic E-state index is -1.45. The Morgan fingerprint density at radius 1 is 1.02 bits per heavy atom. The number of nitrogens with zero attached hydrogens (tertiary/aromatic N) is 1. The third-order valence-corrected chi connectivity index (χ3v) is 6.58. The lowest BCUT2D eigenvalue weighted by Gasteiger charge is -2.44. The molecule has 41 heavy (non-hydrogen) atoms. The van der Waals surface area contributed by atoms with Gasteiger partial charge in [0.15, 0.2) is 0 Å². The van der Waals surface area contributed by atoms with Gasteiger partial charge >= 0.3 is 6.09 Å². The average molecular weight is 571 g/mol. The van der Waals surface area contributed by atoms with Gasteiger partial charge in [-0.2, -0.15) is 0 Å². The van der Waals surface area contributed by atoms with Crippen LogP contribution in [0.3, 0.4) is 0 Å². The maximum Gasteiger partial charge on any atom is 0.408 e. The third kappa shape index (κ3) is 8.86. The molecule has 5 N–H and O–H groups in total. The predicted octanol–water partition coefficient (Wildman–Crippen LogP) is 4.17. The number of hydrogen-bond donors (Lipinski definition) is 4. The van der Waals surface area contributed by atoms with Crippen molar-refractivity contribution in [2.45, 2.75) is 84.5 Å². The number of phenols is 1. The van der Waals surface area contributed by atoms with Crippen molar-refractivity contribution in [1.29, 1.82) is 0 Å². The Balaban J connectivity index is 2.69. The van der Waals surface area contributed by atoms with E-state index < -0.39 is 53.5 Å². The van der Waals surface area contributed by atoms with Crippen LogP contribution in [0.2, 0.25) is 0 Å². The SMILES string of the molecule is CCC(C)(C)N(C(=O)C(CC(N)=O)NC(=O)OC(C)(C)C)C(C(=O)Nc1ccc(OC)cc1)c1cccc(C)c1O. The van der Waals surface area contributed by atoms with E-state index in [9.17, 15) is 24.3 Å². The molecule has 224 valence electrons. The average Bonchev–Trinajstić information content (AvgIpc) is 2.87. The number of para-hydroxylation sites is 1. The third-order valence-electron chi connectivity index (χ3n) is 6.58. The lowest BCUT2D eigenvalue weighted by Crippen LogP contribution is -2.59. The van der Waals surface area contributed by atoms with Gasteiger partial charge in [-0.1, -0.05) is 25.1 Å². The Morgan fingerprint density at radius 3 is 2.15 bits per heavy atom. The summed E-state index contributed by atoms with van der Waals surface area (Å²) in [6.07, 6.45) is -1.09. The molecule has 2 atom stereocenters. The Morgan fingerprint density at radius 2 is 1.63 bits per heavy atom. The van der Waals surface area contributed by atoms with Crippen molar-refractivity contribution < 1.29 is 33.8 Å². The number of hydrogen-bond acceptors (Lipinski definition) is 7. The molecule has 11 nitrogen and oxygen atoms in total. The Labute approximate surface area is 241 Å². The van der Waals surface area contributed by atoms with Gasteiger partial charge in [-0.3, -0.25) is 14.4 Å². The minimum Gasteiger partial charge on any atom is -0.507 e. The second-order valence-electron chi connectivity index (χ2n) is 11.4. The van der Waals surface area contributed by atoms with Crippen molar-refractivity contribution in [3.63, 3.8) is 0 Å². The molecule has 2 unspecified atom stereocenters. The number of carbonyl (C=O) groups is 4. The topological polar surface area (TPSA) is 160 Å². The zero-order chi connectivity index (χ0) is 31.1. The second kappa shape index (κ2) is 13.4. The number of anilines is 1. The molecular weight excluding hydrogens is 528 g/mol. The van der Waals surface area contributed by atoms with Gasteiger partial charge in [0, 0.05) is 16.8 Å². The number of aromatic hydroxyl groups is 1. The first kappa shape index (κ1) is 32.9. The van der Waals surface area contributed by atoms with Crippen LogP contribution in [0.5, 0.6) is 11.5 Å². The van der Waals surface area contributed by atoms with E-state index in [1.807, 2.05) is 6.92 Å².